The Labute approximate surface area is 121 Å². The van der Waals surface area contributed by atoms with E-state index in [4.69, 9.17) is 0 Å². The van der Waals surface area contributed by atoms with Gasteiger partial charge in [0.25, 0.3) is 11.6 Å². The van der Waals surface area contributed by atoms with Gasteiger partial charge >= 0.3 is 0 Å². The molecule has 6 heteroatoms. The van der Waals surface area contributed by atoms with Crippen LogP contribution in [-0.2, 0) is 0 Å². The Morgan fingerprint density at radius 1 is 1.19 bits per heavy atom. The SMILES string of the molecule is Cc1ccc(N(C)C(=O)c2cc(O)ccc2[N+](=O)[O-])cc1. The molecule has 0 atom stereocenters. The van der Waals surface area contributed by atoms with E-state index in [0.717, 1.165) is 17.7 Å². The van der Waals surface area contributed by atoms with Gasteiger partial charge in [-0.25, -0.2) is 0 Å². The van der Waals surface area contributed by atoms with Crippen LogP contribution >= 0.6 is 0 Å². The summed E-state index contributed by atoms with van der Waals surface area (Å²) in [6, 6.07) is 10.6. The summed E-state index contributed by atoms with van der Waals surface area (Å²) in [5.74, 6) is -0.747. The van der Waals surface area contributed by atoms with Crippen molar-refractivity contribution in [2.75, 3.05) is 11.9 Å². The molecule has 0 saturated carbocycles. The van der Waals surface area contributed by atoms with Gasteiger partial charge in [0.2, 0.25) is 0 Å². The maximum Gasteiger partial charge on any atom is 0.282 e. The summed E-state index contributed by atoms with van der Waals surface area (Å²) in [7, 11) is 1.53. The minimum absolute atomic E-state index is 0.150. The Hall–Kier alpha value is -2.89. The lowest BCUT2D eigenvalue weighted by molar-refractivity contribution is -0.385. The first-order valence-corrected chi connectivity index (χ1v) is 6.22. The van der Waals surface area contributed by atoms with Crippen LogP contribution in [0.1, 0.15) is 15.9 Å². The zero-order valence-corrected chi connectivity index (χ0v) is 11.6. The van der Waals surface area contributed by atoms with E-state index in [1.54, 1.807) is 12.1 Å². The summed E-state index contributed by atoms with van der Waals surface area (Å²) in [5.41, 5.74) is 1.17. The zero-order valence-electron chi connectivity index (χ0n) is 11.6. The number of aromatic hydroxyl groups is 1. The van der Waals surface area contributed by atoms with Gasteiger partial charge in [0, 0.05) is 18.8 Å². The normalized spacial score (nSPS) is 10.2. The molecule has 1 amide bonds. The third kappa shape index (κ3) is 3.00. The molecule has 21 heavy (non-hydrogen) atoms. The van der Waals surface area contributed by atoms with E-state index >= 15 is 0 Å². The average Bonchev–Trinajstić information content (AvgIpc) is 2.46. The second-order valence-electron chi connectivity index (χ2n) is 4.66. The molecule has 0 heterocycles. The highest BCUT2D eigenvalue weighted by Crippen LogP contribution is 2.26. The van der Waals surface area contributed by atoms with Crippen LogP contribution < -0.4 is 4.90 Å². The molecule has 0 aliphatic rings. The van der Waals surface area contributed by atoms with E-state index in [2.05, 4.69) is 0 Å². The monoisotopic (exact) mass is 286 g/mol. The molecular formula is C15H14N2O4. The van der Waals surface area contributed by atoms with Crippen LogP contribution in [0.3, 0.4) is 0 Å². The fourth-order valence-corrected chi connectivity index (χ4v) is 1.92. The van der Waals surface area contributed by atoms with Gasteiger partial charge in [0.1, 0.15) is 11.3 Å². The highest BCUT2D eigenvalue weighted by molar-refractivity contribution is 6.08. The van der Waals surface area contributed by atoms with Crippen molar-refractivity contribution in [1.29, 1.82) is 0 Å². The Kier molecular flexibility index (Phi) is 3.89. The first kappa shape index (κ1) is 14.5. The molecule has 0 aromatic heterocycles. The third-order valence-electron chi connectivity index (χ3n) is 3.13. The molecule has 1 N–H and O–H groups in total. The molecule has 0 aliphatic carbocycles. The number of carbonyl (C=O) groups is 1. The van der Waals surface area contributed by atoms with E-state index in [0.29, 0.717) is 5.69 Å². The van der Waals surface area contributed by atoms with Crippen molar-refractivity contribution in [1.82, 2.24) is 0 Å². The third-order valence-corrected chi connectivity index (χ3v) is 3.13. The number of phenolic OH excluding ortho intramolecular Hbond substituents is 1. The quantitative estimate of drug-likeness (QED) is 0.694. The molecule has 0 unspecified atom stereocenters. The van der Waals surface area contributed by atoms with Gasteiger partial charge in [-0.05, 0) is 31.2 Å². The second kappa shape index (κ2) is 5.62. The summed E-state index contributed by atoms with van der Waals surface area (Å²) < 4.78 is 0. The molecule has 0 bridgehead atoms. The Bertz CT molecular complexity index is 695. The molecule has 0 aliphatic heterocycles. The highest BCUT2D eigenvalue weighted by atomic mass is 16.6. The van der Waals surface area contributed by atoms with Crippen LogP contribution in [0, 0.1) is 17.0 Å². The summed E-state index contributed by atoms with van der Waals surface area (Å²) in [5, 5.41) is 20.5. The Balaban J connectivity index is 2.41. The summed E-state index contributed by atoms with van der Waals surface area (Å²) in [6.07, 6.45) is 0. The van der Waals surface area contributed by atoms with Crippen molar-refractivity contribution in [2.45, 2.75) is 6.92 Å². The molecule has 0 radical (unpaired) electrons. The topological polar surface area (TPSA) is 83.7 Å². The molecule has 2 aromatic carbocycles. The molecule has 0 spiro atoms. The summed E-state index contributed by atoms with van der Waals surface area (Å²) >= 11 is 0. The number of amides is 1. The fourth-order valence-electron chi connectivity index (χ4n) is 1.92. The maximum atomic E-state index is 12.4. The molecule has 108 valence electrons. The van der Waals surface area contributed by atoms with Crippen molar-refractivity contribution in [3.8, 4) is 5.75 Å². The summed E-state index contributed by atoms with van der Waals surface area (Å²) in [6.45, 7) is 1.92. The van der Waals surface area contributed by atoms with Gasteiger partial charge in [-0.1, -0.05) is 17.7 Å². The number of anilines is 1. The van der Waals surface area contributed by atoms with Gasteiger partial charge in [0.05, 0.1) is 4.92 Å². The van der Waals surface area contributed by atoms with Crippen LogP contribution in [0.15, 0.2) is 42.5 Å². The van der Waals surface area contributed by atoms with E-state index in [1.165, 1.54) is 18.0 Å². The van der Waals surface area contributed by atoms with E-state index in [-0.39, 0.29) is 17.0 Å². The zero-order chi connectivity index (χ0) is 15.6. The standard InChI is InChI=1S/C15H14N2O4/c1-10-3-5-11(6-4-10)16(2)15(19)13-9-12(18)7-8-14(13)17(20)21/h3-9,18H,1-2H3. The summed E-state index contributed by atoms with van der Waals surface area (Å²) in [4.78, 5) is 24.1. The lowest BCUT2D eigenvalue weighted by atomic mass is 10.1. The number of nitro groups is 1. The smallest absolute Gasteiger partial charge is 0.282 e. The molecule has 2 aromatic rings. The predicted octanol–water partition coefficient (Wildman–Crippen LogP) is 2.89. The number of hydrogen-bond acceptors (Lipinski definition) is 4. The Morgan fingerprint density at radius 2 is 1.81 bits per heavy atom. The van der Waals surface area contributed by atoms with E-state index in [1.807, 2.05) is 19.1 Å². The molecule has 0 saturated heterocycles. The molecular weight excluding hydrogens is 272 g/mol. The average molecular weight is 286 g/mol. The van der Waals surface area contributed by atoms with Gasteiger partial charge in [-0.2, -0.15) is 0 Å². The van der Waals surface area contributed by atoms with Crippen molar-refractivity contribution in [3.05, 3.63) is 63.7 Å². The lowest BCUT2D eigenvalue weighted by Crippen LogP contribution is -2.26. The van der Waals surface area contributed by atoms with Crippen LogP contribution in [0.25, 0.3) is 0 Å². The van der Waals surface area contributed by atoms with Crippen molar-refractivity contribution < 1.29 is 14.8 Å². The largest absolute Gasteiger partial charge is 0.508 e. The second-order valence-corrected chi connectivity index (χ2v) is 4.66. The maximum absolute atomic E-state index is 12.4. The lowest BCUT2D eigenvalue weighted by Gasteiger charge is -2.17. The number of phenols is 1. The number of carbonyl (C=O) groups excluding carboxylic acids is 1. The number of aryl methyl sites for hydroxylation is 1. The number of nitro benzene ring substituents is 1. The van der Waals surface area contributed by atoms with Crippen LogP contribution in [0.5, 0.6) is 5.75 Å². The number of benzene rings is 2. The first-order valence-electron chi connectivity index (χ1n) is 6.22. The van der Waals surface area contributed by atoms with Gasteiger partial charge in [-0.15, -0.1) is 0 Å². The van der Waals surface area contributed by atoms with E-state index < -0.39 is 10.8 Å². The predicted molar refractivity (Wildman–Crippen MR) is 78.7 cm³/mol. The molecule has 0 fully saturated rings. The molecule has 2 rings (SSSR count). The molecule has 6 nitrogen and oxygen atoms in total. The van der Waals surface area contributed by atoms with E-state index in [9.17, 15) is 20.0 Å². The minimum Gasteiger partial charge on any atom is -0.508 e. The number of hydrogen-bond donors (Lipinski definition) is 1. The van der Waals surface area contributed by atoms with Crippen LogP contribution in [0.4, 0.5) is 11.4 Å². The Morgan fingerprint density at radius 3 is 2.38 bits per heavy atom. The van der Waals surface area contributed by atoms with Crippen molar-refractivity contribution in [3.63, 3.8) is 0 Å². The fraction of sp³-hybridized carbons (Fsp3) is 0.133. The first-order chi connectivity index (χ1) is 9.90. The van der Waals surface area contributed by atoms with Crippen LogP contribution in [0.2, 0.25) is 0 Å². The van der Waals surface area contributed by atoms with Crippen molar-refractivity contribution >= 4 is 17.3 Å². The van der Waals surface area contributed by atoms with Gasteiger partial charge in [0.15, 0.2) is 0 Å². The van der Waals surface area contributed by atoms with Crippen molar-refractivity contribution in [2.24, 2.45) is 0 Å². The highest BCUT2D eigenvalue weighted by Gasteiger charge is 2.24. The van der Waals surface area contributed by atoms with Crippen LogP contribution in [-0.4, -0.2) is 23.0 Å². The van der Waals surface area contributed by atoms with Gasteiger partial charge < -0.3 is 10.0 Å². The number of rotatable bonds is 3. The minimum atomic E-state index is -0.643. The number of nitrogens with zero attached hydrogens (tertiary/aromatic N) is 2. The van der Waals surface area contributed by atoms with Gasteiger partial charge in [-0.3, -0.25) is 14.9 Å².